The van der Waals surface area contributed by atoms with Gasteiger partial charge in [-0.15, -0.1) is 0 Å². The molecule has 0 N–H and O–H groups in total. The van der Waals surface area contributed by atoms with E-state index in [1.807, 2.05) is 24.3 Å². The number of methoxy groups -OCH3 is 1. The summed E-state index contributed by atoms with van der Waals surface area (Å²) in [6.07, 6.45) is 4.18. The first-order valence-corrected chi connectivity index (χ1v) is 5.77. The third kappa shape index (κ3) is 1.76. The van der Waals surface area contributed by atoms with E-state index in [1.54, 1.807) is 30.0 Å². The van der Waals surface area contributed by atoms with Gasteiger partial charge in [0.1, 0.15) is 17.1 Å². The van der Waals surface area contributed by atoms with Gasteiger partial charge in [-0.1, -0.05) is 12.1 Å². The van der Waals surface area contributed by atoms with E-state index >= 15 is 0 Å². The van der Waals surface area contributed by atoms with Crippen molar-refractivity contribution in [2.45, 2.75) is 0 Å². The first kappa shape index (κ1) is 11.4. The van der Waals surface area contributed by atoms with Gasteiger partial charge in [0.15, 0.2) is 6.29 Å². The lowest BCUT2D eigenvalue weighted by Crippen LogP contribution is -1.94. The number of ether oxygens (including phenoxy) is 1. The van der Waals surface area contributed by atoms with Crippen molar-refractivity contribution in [2.75, 3.05) is 7.11 Å². The van der Waals surface area contributed by atoms with Crippen LogP contribution in [-0.4, -0.2) is 27.8 Å². The number of carbonyl (C=O) groups is 1. The molecule has 0 spiro atoms. The zero-order chi connectivity index (χ0) is 13.2. The molecule has 0 atom stereocenters. The third-order valence-corrected chi connectivity index (χ3v) is 2.91. The third-order valence-electron chi connectivity index (χ3n) is 2.91. The van der Waals surface area contributed by atoms with Crippen molar-refractivity contribution in [1.29, 1.82) is 0 Å². The molecule has 2 aromatic heterocycles. The van der Waals surface area contributed by atoms with Crippen molar-refractivity contribution in [3.63, 3.8) is 0 Å². The van der Waals surface area contributed by atoms with Crippen LogP contribution in [0.4, 0.5) is 0 Å². The van der Waals surface area contributed by atoms with Gasteiger partial charge in [0.05, 0.1) is 7.11 Å². The van der Waals surface area contributed by atoms with Gasteiger partial charge in [-0.25, -0.2) is 9.97 Å². The highest BCUT2D eigenvalue weighted by molar-refractivity contribution is 5.87. The van der Waals surface area contributed by atoms with E-state index in [1.165, 1.54) is 0 Å². The van der Waals surface area contributed by atoms with Gasteiger partial charge in [0.2, 0.25) is 5.78 Å². The smallest absolute Gasteiger partial charge is 0.234 e. The minimum absolute atomic E-state index is 0.465. The van der Waals surface area contributed by atoms with E-state index in [-0.39, 0.29) is 0 Å². The summed E-state index contributed by atoms with van der Waals surface area (Å²) in [7, 11) is 1.59. The molecular weight excluding hydrogens is 242 g/mol. The van der Waals surface area contributed by atoms with Crippen LogP contribution in [-0.2, 0) is 0 Å². The number of rotatable bonds is 3. The predicted molar refractivity (Wildman–Crippen MR) is 70.4 cm³/mol. The van der Waals surface area contributed by atoms with Gasteiger partial charge >= 0.3 is 0 Å². The molecular formula is C14H11N3O2. The van der Waals surface area contributed by atoms with E-state index in [0.29, 0.717) is 22.9 Å². The largest absolute Gasteiger partial charge is 0.496 e. The quantitative estimate of drug-likeness (QED) is 0.671. The second-order valence-corrected chi connectivity index (χ2v) is 3.95. The molecule has 0 radical (unpaired) electrons. The molecule has 0 saturated heterocycles. The van der Waals surface area contributed by atoms with Crippen LogP contribution in [0.3, 0.4) is 0 Å². The molecule has 0 saturated carbocycles. The Labute approximate surface area is 109 Å². The minimum atomic E-state index is 0.465. The molecule has 0 bridgehead atoms. The number of benzene rings is 1. The van der Waals surface area contributed by atoms with Crippen LogP contribution in [0.5, 0.6) is 5.75 Å². The summed E-state index contributed by atoms with van der Waals surface area (Å²) in [5.74, 6) is 1.17. The van der Waals surface area contributed by atoms with Crippen LogP contribution in [0.15, 0.2) is 42.7 Å². The Morgan fingerprint density at radius 3 is 2.89 bits per heavy atom. The van der Waals surface area contributed by atoms with Crippen LogP contribution >= 0.6 is 0 Å². The molecule has 3 aromatic rings. The maximum atomic E-state index is 11.3. The standard InChI is InChI=1S/C14H11N3O2/c1-19-12-6-3-2-5-10(12)13-11(9-18)17-8-4-7-15-14(17)16-13/h2-9H,1H3. The van der Waals surface area contributed by atoms with Crippen LogP contribution in [0.25, 0.3) is 17.0 Å². The Kier molecular flexibility index (Phi) is 2.72. The van der Waals surface area contributed by atoms with Gasteiger partial charge in [0.25, 0.3) is 0 Å². The number of aromatic nitrogens is 3. The van der Waals surface area contributed by atoms with Crippen LogP contribution in [0.1, 0.15) is 10.5 Å². The second kappa shape index (κ2) is 4.53. The van der Waals surface area contributed by atoms with Gasteiger partial charge in [-0.3, -0.25) is 9.20 Å². The van der Waals surface area contributed by atoms with Gasteiger partial charge in [-0.05, 0) is 18.2 Å². The van der Waals surface area contributed by atoms with E-state index in [2.05, 4.69) is 9.97 Å². The zero-order valence-electron chi connectivity index (χ0n) is 10.3. The summed E-state index contributed by atoms with van der Waals surface area (Å²) < 4.78 is 6.97. The van der Waals surface area contributed by atoms with E-state index in [0.717, 1.165) is 11.8 Å². The number of aldehydes is 1. The topological polar surface area (TPSA) is 56.5 Å². The van der Waals surface area contributed by atoms with E-state index in [9.17, 15) is 4.79 Å². The normalized spacial score (nSPS) is 10.6. The number of fused-ring (bicyclic) bond motifs is 1. The first-order valence-electron chi connectivity index (χ1n) is 5.77. The summed E-state index contributed by atoms with van der Waals surface area (Å²) in [5, 5.41) is 0. The number of nitrogens with zero attached hydrogens (tertiary/aromatic N) is 3. The Balaban J connectivity index is 2.33. The molecule has 0 aliphatic rings. The van der Waals surface area contributed by atoms with Crippen LogP contribution in [0, 0.1) is 0 Å². The Bertz CT molecular complexity index is 749. The number of para-hydroxylation sites is 1. The van der Waals surface area contributed by atoms with Crippen LogP contribution < -0.4 is 4.74 Å². The molecule has 0 amide bonds. The summed E-state index contributed by atoms with van der Waals surface area (Å²) in [6, 6.07) is 9.21. The number of imidazole rings is 1. The van der Waals surface area contributed by atoms with Crippen molar-refractivity contribution in [3.05, 3.63) is 48.4 Å². The molecule has 0 unspecified atom stereocenters. The highest BCUT2D eigenvalue weighted by atomic mass is 16.5. The fourth-order valence-corrected chi connectivity index (χ4v) is 2.06. The first-order chi connectivity index (χ1) is 9.35. The number of carbonyl (C=O) groups excluding carboxylic acids is 1. The van der Waals surface area contributed by atoms with Crippen molar-refractivity contribution in [3.8, 4) is 17.0 Å². The van der Waals surface area contributed by atoms with E-state index in [4.69, 9.17) is 4.74 Å². The Morgan fingerprint density at radius 1 is 1.26 bits per heavy atom. The zero-order valence-corrected chi connectivity index (χ0v) is 10.3. The minimum Gasteiger partial charge on any atom is -0.496 e. The lowest BCUT2D eigenvalue weighted by atomic mass is 10.1. The molecule has 0 fully saturated rings. The summed E-state index contributed by atoms with van der Waals surface area (Å²) in [5.41, 5.74) is 1.82. The van der Waals surface area contributed by atoms with Gasteiger partial charge in [-0.2, -0.15) is 0 Å². The van der Waals surface area contributed by atoms with Crippen molar-refractivity contribution < 1.29 is 9.53 Å². The second-order valence-electron chi connectivity index (χ2n) is 3.95. The van der Waals surface area contributed by atoms with Crippen molar-refractivity contribution in [1.82, 2.24) is 14.4 Å². The van der Waals surface area contributed by atoms with Crippen molar-refractivity contribution >= 4 is 12.1 Å². The molecule has 0 aliphatic carbocycles. The maximum Gasteiger partial charge on any atom is 0.234 e. The molecule has 94 valence electrons. The number of hydrogen-bond acceptors (Lipinski definition) is 4. The van der Waals surface area contributed by atoms with Gasteiger partial charge in [0, 0.05) is 18.0 Å². The highest BCUT2D eigenvalue weighted by Gasteiger charge is 2.16. The molecule has 2 heterocycles. The average molecular weight is 253 g/mol. The Hall–Kier alpha value is -2.69. The molecule has 1 aromatic carbocycles. The fourth-order valence-electron chi connectivity index (χ4n) is 2.06. The summed E-state index contributed by atoms with van der Waals surface area (Å²) >= 11 is 0. The SMILES string of the molecule is COc1ccccc1-c1nc2ncccn2c1C=O. The fraction of sp³-hybridized carbons (Fsp3) is 0.0714. The number of hydrogen-bond donors (Lipinski definition) is 0. The monoisotopic (exact) mass is 253 g/mol. The molecule has 5 nitrogen and oxygen atoms in total. The average Bonchev–Trinajstić information content (AvgIpc) is 2.85. The van der Waals surface area contributed by atoms with E-state index < -0.39 is 0 Å². The summed E-state index contributed by atoms with van der Waals surface area (Å²) in [4.78, 5) is 19.9. The Morgan fingerprint density at radius 2 is 2.11 bits per heavy atom. The maximum absolute atomic E-state index is 11.3. The lowest BCUT2D eigenvalue weighted by molar-refractivity contribution is 0.111. The molecule has 3 rings (SSSR count). The molecule has 0 aliphatic heterocycles. The predicted octanol–water partition coefficient (Wildman–Crippen LogP) is 2.22. The van der Waals surface area contributed by atoms with Crippen LogP contribution in [0.2, 0.25) is 0 Å². The lowest BCUT2D eigenvalue weighted by Gasteiger charge is -2.05. The van der Waals surface area contributed by atoms with Gasteiger partial charge < -0.3 is 4.74 Å². The highest BCUT2D eigenvalue weighted by Crippen LogP contribution is 2.30. The molecule has 5 heteroatoms. The van der Waals surface area contributed by atoms with Crippen molar-refractivity contribution in [2.24, 2.45) is 0 Å². The summed E-state index contributed by atoms with van der Waals surface area (Å²) in [6.45, 7) is 0. The molecule has 19 heavy (non-hydrogen) atoms.